The number of carbonyl (C=O) groups is 1. The zero-order valence-corrected chi connectivity index (χ0v) is 8.82. The van der Waals surface area contributed by atoms with Gasteiger partial charge >= 0.3 is 0 Å². The summed E-state index contributed by atoms with van der Waals surface area (Å²) in [7, 11) is 1.71. The van der Waals surface area contributed by atoms with Gasteiger partial charge in [-0.25, -0.2) is 9.97 Å². The second-order valence-corrected chi connectivity index (χ2v) is 3.44. The van der Waals surface area contributed by atoms with Gasteiger partial charge in [-0.05, 0) is 7.05 Å². The summed E-state index contributed by atoms with van der Waals surface area (Å²) in [5.74, 6) is -0.0472. The topological polar surface area (TPSA) is 59.3 Å². The molecule has 0 unspecified atom stereocenters. The summed E-state index contributed by atoms with van der Waals surface area (Å²) in [6.07, 6.45) is 4.52. The minimum absolute atomic E-state index is 0.0472. The van der Waals surface area contributed by atoms with Crippen LogP contribution in [0, 0.1) is 0 Å². The summed E-state index contributed by atoms with van der Waals surface area (Å²) in [5.41, 5.74) is 1.03. The molecule has 2 heterocycles. The number of hydrogen-bond donors (Lipinski definition) is 1. The van der Waals surface area contributed by atoms with Crippen molar-refractivity contribution in [3.8, 4) is 0 Å². The molecule has 0 saturated heterocycles. The highest BCUT2D eigenvalue weighted by Gasteiger charge is 2.12. The minimum Gasteiger partial charge on any atom is -0.313 e. The maximum absolute atomic E-state index is 11.6. The Labute approximate surface area is 91.1 Å². The number of fused-ring (bicyclic) bond motifs is 1. The van der Waals surface area contributed by atoms with E-state index in [0.717, 1.165) is 0 Å². The molecule has 0 spiro atoms. The summed E-state index contributed by atoms with van der Waals surface area (Å²) in [6, 6.07) is 0. The van der Waals surface area contributed by atoms with Crippen molar-refractivity contribution < 1.29 is 4.79 Å². The Kier molecular flexibility index (Phi) is 2.66. The summed E-state index contributed by atoms with van der Waals surface area (Å²) >= 11 is 5.88. The Bertz CT molecular complexity index is 508. The monoisotopic (exact) mass is 224 g/mol. The number of rotatable bonds is 3. The normalized spacial score (nSPS) is 10.8. The van der Waals surface area contributed by atoms with Crippen molar-refractivity contribution in [3.63, 3.8) is 0 Å². The van der Waals surface area contributed by atoms with Crippen LogP contribution < -0.4 is 5.32 Å². The van der Waals surface area contributed by atoms with E-state index in [1.807, 2.05) is 0 Å². The van der Waals surface area contributed by atoms with E-state index >= 15 is 0 Å². The van der Waals surface area contributed by atoms with Crippen molar-refractivity contribution in [2.45, 2.75) is 0 Å². The molecule has 0 amide bonds. The lowest BCUT2D eigenvalue weighted by Crippen LogP contribution is -2.19. The first kappa shape index (κ1) is 10.1. The Balaban J connectivity index is 2.54. The molecule has 1 N–H and O–H groups in total. The lowest BCUT2D eigenvalue weighted by molar-refractivity contribution is 0.0988. The number of halogens is 1. The predicted molar refractivity (Wildman–Crippen MR) is 56.3 cm³/mol. The molecule has 0 fully saturated rings. The molecule has 2 aromatic rings. The van der Waals surface area contributed by atoms with Crippen LogP contribution >= 0.6 is 11.6 Å². The first-order chi connectivity index (χ1) is 7.24. The molecule has 0 bridgehead atoms. The van der Waals surface area contributed by atoms with Crippen LogP contribution in [0.25, 0.3) is 5.65 Å². The average molecular weight is 225 g/mol. The molecule has 5 nitrogen and oxygen atoms in total. The van der Waals surface area contributed by atoms with Gasteiger partial charge in [0.25, 0.3) is 0 Å². The van der Waals surface area contributed by atoms with E-state index in [4.69, 9.17) is 11.6 Å². The summed E-state index contributed by atoms with van der Waals surface area (Å²) < 4.78 is 1.59. The third kappa shape index (κ3) is 1.71. The van der Waals surface area contributed by atoms with Crippen LogP contribution in [0.1, 0.15) is 10.5 Å². The molecule has 0 saturated carbocycles. The fourth-order valence-corrected chi connectivity index (χ4v) is 1.53. The molecule has 0 aliphatic heterocycles. The smallest absolute Gasteiger partial charge is 0.194 e. The third-order valence-electron chi connectivity index (χ3n) is 2.00. The first-order valence-electron chi connectivity index (χ1n) is 4.38. The first-order valence-corrected chi connectivity index (χ1v) is 4.76. The lowest BCUT2D eigenvalue weighted by atomic mass is 10.3. The number of Topliss-reactive ketones (excluding diaryl/α,β-unsaturated/α-hetero) is 1. The van der Waals surface area contributed by atoms with Gasteiger partial charge in [-0.1, -0.05) is 11.6 Å². The molecule has 0 aliphatic carbocycles. The van der Waals surface area contributed by atoms with Gasteiger partial charge in [-0.3, -0.25) is 9.20 Å². The maximum atomic E-state index is 11.6. The quantitative estimate of drug-likeness (QED) is 0.783. The molecule has 0 atom stereocenters. The fraction of sp³-hybridized carbons (Fsp3) is 0.222. The van der Waals surface area contributed by atoms with Crippen LogP contribution in [-0.2, 0) is 0 Å². The molecule has 2 rings (SSSR count). The number of likely N-dealkylation sites (N-methyl/N-ethyl adjacent to an activating group) is 1. The summed E-state index contributed by atoms with van der Waals surface area (Å²) in [6.45, 7) is 0.264. The Hall–Kier alpha value is -1.46. The maximum Gasteiger partial charge on any atom is 0.194 e. The number of nitrogens with zero attached hydrogens (tertiary/aromatic N) is 3. The number of ketones is 1. The van der Waals surface area contributed by atoms with E-state index in [1.165, 1.54) is 18.7 Å². The average Bonchev–Trinajstić information content (AvgIpc) is 2.63. The molecular formula is C9H9ClN4O. The van der Waals surface area contributed by atoms with E-state index in [9.17, 15) is 4.79 Å². The van der Waals surface area contributed by atoms with Crippen LogP contribution in [-0.4, -0.2) is 33.7 Å². The van der Waals surface area contributed by atoms with Gasteiger partial charge in [0.15, 0.2) is 11.4 Å². The van der Waals surface area contributed by atoms with Crippen molar-refractivity contribution >= 4 is 23.0 Å². The summed E-state index contributed by atoms with van der Waals surface area (Å²) in [4.78, 5) is 19.6. The van der Waals surface area contributed by atoms with Crippen molar-refractivity contribution in [3.05, 3.63) is 29.4 Å². The number of aromatic nitrogens is 3. The third-order valence-corrected chi connectivity index (χ3v) is 2.27. The van der Waals surface area contributed by atoms with Gasteiger partial charge in [0.2, 0.25) is 0 Å². The minimum atomic E-state index is -0.0472. The van der Waals surface area contributed by atoms with Gasteiger partial charge in [0, 0.05) is 0 Å². The molecule has 0 radical (unpaired) electrons. The largest absolute Gasteiger partial charge is 0.313 e. The highest BCUT2D eigenvalue weighted by atomic mass is 35.5. The second kappa shape index (κ2) is 3.96. The van der Waals surface area contributed by atoms with Crippen LogP contribution in [0.3, 0.4) is 0 Å². The van der Waals surface area contributed by atoms with Crippen LogP contribution in [0.5, 0.6) is 0 Å². The van der Waals surface area contributed by atoms with Crippen molar-refractivity contribution in [1.29, 1.82) is 0 Å². The Morgan fingerprint density at radius 1 is 1.60 bits per heavy atom. The van der Waals surface area contributed by atoms with E-state index < -0.39 is 0 Å². The van der Waals surface area contributed by atoms with E-state index in [0.29, 0.717) is 16.4 Å². The van der Waals surface area contributed by atoms with Gasteiger partial charge < -0.3 is 5.32 Å². The van der Waals surface area contributed by atoms with Crippen molar-refractivity contribution in [2.24, 2.45) is 0 Å². The zero-order valence-electron chi connectivity index (χ0n) is 8.07. The lowest BCUT2D eigenvalue weighted by Gasteiger charge is -2.00. The molecule has 0 aromatic carbocycles. The van der Waals surface area contributed by atoms with Gasteiger partial charge in [-0.2, -0.15) is 0 Å². The van der Waals surface area contributed by atoms with E-state index in [2.05, 4.69) is 15.3 Å². The van der Waals surface area contributed by atoms with Gasteiger partial charge in [0.1, 0.15) is 17.0 Å². The molecule has 78 valence electrons. The zero-order chi connectivity index (χ0) is 10.8. The van der Waals surface area contributed by atoms with Gasteiger partial charge in [-0.15, -0.1) is 0 Å². The summed E-state index contributed by atoms with van der Waals surface area (Å²) in [5, 5.41) is 3.22. The molecule has 15 heavy (non-hydrogen) atoms. The molecule has 6 heteroatoms. The van der Waals surface area contributed by atoms with Crippen molar-refractivity contribution in [1.82, 2.24) is 19.7 Å². The highest BCUT2D eigenvalue weighted by molar-refractivity contribution is 6.33. The predicted octanol–water partition coefficient (Wildman–Crippen LogP) is 0.785. The number of hydrogen-bond acceptors (Lipinski definition) is 4. The fourth-order valence-electron chi connectivity index (χ4n) is 1.34. The Morgan fingerprint density at radius 3 is 3.13 bits per heavy atom. The molecular weight excluding hydrogens is 216 g/mol. The van der Waals surface area contributed by atoms with Crippen LogP contribution in [0.4, 0.5) is 0 Å². The number of carbonyl (C=O) groups excluding carboxylic acids is 1. The second-order valence-electron chi connectivity index (χ2n) is 3.03. The number of imidazole rings is 1. The van der Waals surface area contributed by atoms with Gasteiger partial charge in [0.05, 0.1) is 18.9 Å². The SMILES string of the molecule is CNCC(=O)c1cnc2c(Cl)cncn12. The standard InChI is InChI=1S/C9H9ClN4O/c1-11-4-8(15)7-3-13-9-6(10)2-12-5-14(7)9/h2-3,5,11H,4H2,1H3. The Morgan fingerprint density at radius 2 is 2.40 bits per heavy atom. The highest BCUT2D eigenvalue weighted by Crippen LogP contribution is 2.15. The van der Waals surface area contributed by atoms with E-state index in [1.54, 1.807) is 11.4 Å². The van der Waals surface area contributed by atoms with Crippen molar-refractivity contribution in [2.75, 3.05) is 13.6 Å². The molecule has 2 aromatic heterocycles. The molecule has 0 aliphatic rings. The number of nitrogens with one attached hydrogen (secondary N) is 1. The van der Waals surface area contributed by atoms with Crippen LogP contribution in [0.15, 0.2) is 18.7 Å². The van der Waals surface area contributed by atoms with Crippen LogP contribution in [0.2, 0.25) is 5.02 Å². The van der Waals surface area contributed by atoms with E-state index in [-0.39, 0.29) is 12.3 Å².